The van der Waals surface area contributed by atoms with Gasteiger partial charge in [0.2, 0.25) is 11.8 Å². The maximum absolute atomic E-state index is 13.8. The van der Waals surface area contributed by atoms with Crippen LogP contribution in [0.5, 0.6) is 0 Å². The van der Waals surface area contributed by atoms with Gasteiger partial charge in [-0.2, -0.15) is 0 Å². The van der Waals surface area contributed by atoms with Crippen molar-refractivity contribution >= 4 is 17.8 Å². The van der Waals surface area contributed by atoms with Crippen molar-refractivity contribution in [1.82, 2.24) is 14.9 Å². The fourth-order valence-corrected chi connectivity index (χ4v) is 5.62. The van der Waals surface area contributed by atoms with E-state index in [1.54, 1.807) is 57.4 Å². The van der Waals surface area contributed by atoms with E-state index in [2.05, 4.69) is 9.97 Å². The van der Waals surface area contributed by atoms with Crippen molar-refractivity contribution in [1.29, 1.82) is 0 Å². The van der Waals surface area contributed by atoms with Crippen molar-refractivity contribution < 1.29 is 19.5 Å². The third kappa shape index (κ3) is 3.00. The molecule has 2 unspecified atom stereocenters. The molecule has 2 amide bonds. The predicted octanol–water partition coefficient (Wildman–Crippen LogP) is 3.22. The number of carboxylic acid groups (broad SMARTS) is 1. The Bertz CT molecular complexity index is 940. The topological polar surface area (TPSA) is 100 Å². The molecule has 2 aromatic heterocycles. The second-order valence-corrected chi connectivity index (χ2v) is 9.41. The molecule has 1 saturated carbocycles. The number of aliphatic carboxylic acids is 1. The number of piperidine rings is 1. The molecule has 1 saturated heterocycles. The summed E-state index contributed by atoms with van der Waals surface area (Å²) in [4.78, 5) is 49.7. The number of amides is 2. The van der Waals surface area contributed by atoms with E-state index in [9.17, 15) is 19.5 Å². The number of rotatable bonds is 4. The lowest BCUT2D eigenvalue weighted by Crippen LogP contribution is -2.64. The summed E-state index contributed by atoms with van der Waals surface area (Å²) < 4.78 is 0. The summed E-state index contributed by atoms with van der Waals surface area (Å²) in [6.07, 6.45) is 3.95. The highest BCUT2D eigenvalue weighted by Crippen LogP contribution is 2.59. The molecule has 3 heterocycles. The van der Waals surface area contributed by atoms with Gasteiger partial charge in [-0.25, -0.2) is 0 Å². The fourth-order valence-electron chi connectivity index (χ4n) is 5.62. The quantitative estimate of drug-likeness (QED) is 0.781. The van der Waals surface area contributed by atoms with Crippen molar-refractivity contribution in [2.24, 2.45) is 16.2 Å². The minimum Gasteiger partial charge on any atom is -0.481 e. The van der Waals surface area contributed by atoms with Gasteiger partial charge in [-0.1, -0.05) is 26.0 Å². The zero-order valence-corrected chi connectivity index (χ0v) is 17.3. The second-order valence-electron chi connectivity index (χ2n) is 9.41. The van der Waals surface area contributed by atoms with E-state index in [-0.39, 0.29) is 24.7 Å². The van der Waals surface area contributed by atoms with Gasteiger partial charge in [-0.05, 0) is 50.5 Å². The van der Waals surface area contributed by atoms with Crippen LogP contribution in [0.25, 0.3) is 0 Å². The van der Waals surface area contributed by atoms with Crippen LogP contribution in [0.15, 0.2) is 48.8 Å². The van der Waals surface area contributed by atoms with Gasteiger partial charge in [0.05, 0.1) is 16.8 Å². The van der Waals surface area contributed by atoms with Gasteiger partial charge in [-0.3, -0.25) is 29.3 Å². The molecular formula is C23H25N3O4. The third-order valence-corrected chi connectivity index (χ3v) is 6.52. The summed E-state index contributed by atoms with van der Waals surface area (Å²) in [7, 11) is 0. The molecular weight excluding hydrogens is 382 g/mol. The average molecular weight is 407 g/mol. The number of imide groups is 1. The summed E-state index contributed by atoms with van der Waals surface area (Å²) in [6, 6.07) is 9.95. The molecule has 0 spiro atoms. The number of carbonyl (C=O) groups is 3. The largest absolute Gasteiger partial charge is 0.481 e. The molecule has 1 aliphatic carbocycles. The summed E-state index contributed by atoms with van der Waals surface area (Å²) in [6.45, 7) is 5.19. The first-order valence-corrected chi connectivity index (χ1v) is 10.0. The lowest BCUT2D eigenvalue weighted by molar-refractivity contribution is -0.185. The highest BCUT2D eigenvalue weighted by atomic mass is 16.4. The van der Waals surface area contributed by atoms with Crippen LogP contribution in [0.3, 0.4) is 0 Å². The lowest BCUT2D eigenvalue weighted by atomic mass is 9.51. The van der Waals surface area contributed by atoms with Gasteiger partial charge in [0.15, 0.2) is 0 Å². The van der Waals surface area contributed by atoms with Crippen molar-refractivity contribution in [2.75, 3.05) is 0 Å². The Hall–Kier alpha value is -3.09. The van der Waals surface area contributed by atoms with Crippen LogP contribution >= 0.6 is 0 Å². The summed E-state index contributed by atoms with van der Waals surface area (Å²) >= 11 is 0. The Balaban J connectivity index is 1.87. The van der Waals surface area contributed by atoms with Crippen LogP contribution in [-0.2, 0) is 14.4 Å². The monoisotopic (exact) mass is 407 g/mol. The average Bonchev–Trinajstić information content (AvgIpc) is 2.70. The van der Waals surface area contributed by atoms with E-state index in [1.807, 2.05) is 12.1 Å². The van der Waals surface area contributed by atoms with Crippen LogP contribution < -0.4 is 0 Å². The number of likely N-dealkylation sites (tertiary alicyclic amines) is 1. The molecule has 1 N–H and O–H groups in total. The first-order valence-electron chi connectivity index (χ1n) is 10.0. The molecule has 0 radical (unpaired) electrons. The number of carbonyl (C=O) groups excluding carboxylic acids is 2. The molecule has 2 aliphatic rings. The standard InChI is InChI=1S/C23H25N3O4/c1-21-12-22(2,14-23(3,13-21)20(29)30)19(28)26(18(21)27)17(15-8-4-6-10-24-15)16-9-5-7-11-25-16/h4-11,17H,12-14H2,1-3H3,(H,29,30). The molecule has 7 heteroatoms. The highest BCUT2D eigenvalue weighted by Gasteiger charge is 2.64. The molecule has 0 aromatic carbocycles. The van der Waals surface area contributed by atoms with E-state index in [4.69, 9.17) is 0 Å². The van der Waals surface area contributed by atoms with E-state index in [0.29, 0.717) is 17.8 Å². The van der Waals surface area contributed by atoms with Crippen molar-refractivity contribution in [3.05, 3.63) is 60.2 Å². The van der Waals surface area contributed by atoms with Gasteiger partial charge < -0.3 is 5.11 Å². The molecule has 1 aliphatic heterocycles. The fraction of sp³-hybridized carbons (Fsp3) is 0.435. The molecule has 2 fully saturated rings. The Kier molecular flexibility index (Phi) is 4.52. The first kappa shape index (κ1) is 20.2. The summed E-state index contributed by atoms with van der Waals surface area (Å²) in [5, 5.41) is 9.83. The van der Waals surface area contributed by atoms with Crippen LogP contribution in [-0.4, -0.2) is 37.8 Å². The zero-order valence-electron chi connectivity index (χ0n) is 17.3. The van der Waals surface area contributed by atoms with E-state index in [0.717, 1.165) is 0 Å². The lowest BCUT2D eigenvalue weighted by Gasteiger charge is -2.56. The molecule has 2 atom stereocenters. The number of pyridine rings is 2. The van der Waals surface area contributed by atoms with Crippen molar-refractivity contribution in [2.45, 2.75) is 46.1 Å². The normalized spacial score (nSPS) is 31.1. The number of nitrogens with zero attached hydrogens (tertiary/aromatic N) is 3. The number of aromatic nitrogens is 2. The van der Waals surface area contributed by atoms with Gasteiger partial charge in [0.25, 0.3) is 0 Å². The molecule has 156 valence electrons. The molecule has 2 aromatic rings. The van der Waals surface area contributed by atoms with Crippen LogP contribution in [0, 0.1) is 16.2 Å². The Morgan fingerprint density at radius 2 is 1.37 bits per heavy atom. The summed E-state index contributed by atoms with van der Waals surface area (Å²) in [5.74, 6) is -1.70. The van der Waals surface area contributed by atoms with E-state index >= 15 is 0 Å². The second kappa shape index (κ2) is 6.72. The minimum absolute atomic E-state index is 0.185. The highest BCUT2D eigenvalue weighted by molar-refractivity contribution is 6.05. The Morgan fingerprint density at radius 3 is 1.73 bits per heavy atom. The smallest absolute Gasteiger partial charge is 0.309 e. The Labute approximate surface area is 175 Å². The van der Waals surface area contributed by atoms with Gasteiger partial charge in [0, 0.05) is 23.2 Å². The molecule has 2 bridgehead atoms. The maximum atomic E-state index is 13.8. The van der Waals surface area contributed by atoms with Crippen molar-refractivity contribution in [3.63, 3.8) is 0 Å². The minimum atomic E-state index is -1.13. The molecule has 7 nitrogen and oxygen atoms in total. The first-order chi connectivity index (χ1) is 14.1. The van der Waals surface area contributed by atoms with Crippen molar-refractivity contribution in [3.8, 4) is 0 Å². The summed E-state index contributed by atoms with van der Waals surface area (Å²) in [5.41, 5.74) is -1.96. The van der Waals surface area contributed by atoms with Crippen LogP contribution in [0.4, 0.5) is 0 Å². The number of hydrogen-bond donors (Lipinski definition) is 1. The van der Waals surface area contributed by atoms with Gasteiger partial charge in [-0.15, -0.1) is 0 Å². The third-order valence-electron chi connectivity index (χ3n) is 6.52. The van der Waals surface area contributed by atoms with Crippen LogP contribution in [0.1, 0.15) is 57.5 Å². The predicted molar refractivity (Wildman–Crippen MR) is 108 cm³/mol. The molecule has 4 rings (SSSR count). The SMILES string of the molecule is CC1(C(=O)O)CC2(C)CC(C)(C1)C(=O)N(C(c1ccccn1)c1ccccn1)C2=O. The van der Waals surface area contributed by atoms with Crippen LogP contribution in [0.2, 0.25) is 0 Å². The number of carboxylic acids is 1. The van der Waals surface area contributed by atoms with E-state index in [1.165, 1.54) is 4.90 Å². The number of fused-ring (bicyclic) bond motifs is 2. The van der Waals surface area contributed by atoms with E-state index < -0.39 is 28.3 Å². The van der Waals surface area contributed by atoms with Gasteiger partial charge in [0.1, 0.15) is 6.04 Å². The maximum Gasteiger partial charge on any atom is 0.309 e. The zero-order chi connectivity index (χ0) is 21.7. The molecule has 30 heavy (non-hydrogen) atoms. The number of hydrogen-bond acceptors (Lipinski definition) is 5. The van der Waals surface area contributed by atoms with Gasteiger partial charge >= 0.3 is 5.97 Å². The Morgan fingerprint density at radius 1 is 0.900 bits per heavy atom.